The van der Waals surface area contributed by atoms with E-state index in [4.69, 9.17) is 34.4 Å². The van der Waals surface area contributed by atoms with Gasteiger partial charge in [-0.3, -0.25) is 34.0 Å². The molecule has 0 aliphatic carbocycles. The van der Waals surface area contributed by atoms with Crippen LogP contribution in [0.25, 0.3) is 0 Å². The number of carboxylic acids is 1. The summed E-state index contributed by atoms with van der Waals surface area (Å²) in [4.78, 5) is 83.3. The normalized spacial score (nSPS) is 13.7. The maximum Gasteiger partial charge on any atom is 0.326 e. The predicted octanol–water partition coefficient (Wildman–Crippen LogP) is -5.05. The lowest BCUT2D eigenvalue weighted by molar-refractivity contribution is -0.142. The van der Waals surface area contributed by atoms with Crippen molar-refractivity contribution in [1.29, 1.82) is 0 Å². The molecule has 0 aliphatic heterocycles. The third kappa shape index (κ3) is 17.3. The summed E-state index contributed by atoms with van der Waals surface area (Å²) in [6.45, 7) is -0.683. The van der Waals surface area contributed by atoms with E-state index in [9.17, 15) is 39.0 Å². The van der Waals surface area contributed by atoms with Gasteiger partial charge in [-0.2, -0.15) is 0 Å². The molecule has 18 N–H and O–H groups in total. The highest BCUT2D eigenvalue weighted by Crippen LogP contribution is 2.08. The number of aliphatic imine (C=N–C) groups is 2. The Hall–Kier alpha value is -5.50. The number of aliphatic hydroxyl groups excluding tert-OH is 1. The number of carbonyl (C=O) groups is 6. The maximum absolute atomic E-state index is 13.6. The van der Waals surface area contributed by atoms with Gasteiger partial charge in [0.2, 0.25) is 29.5 Å². The van der Waals surface area contributed by atoms with Crippen molar-refractivity contribution in [2.75, 3.05) is 19.7 Å². The highest BCUT2D eigenvalue weighted by atomic mass is 16.4. The third-order valence-electron chi connectivity index (χ3n) is 6.91. The molecule has 0 radical (unpaired) electrons. The smallest absolute Gasteiger partial charge is 0.326 e. The van der Waals surface area contributed by atoms with Crippen molar-refractivity contribution in [2.45, 2.75) is 75.2 Å². The molecule has 0 saturated heterocycles. The highest BCUT2D eigenvalue weighted by molar-refractivity contribution is 5.95. The standard InChI is InChI=1S/C29H48N12O8/c30-17(10-11-22(31)43)23(44)38-18(8-4-12-36-28(32)33)24(45)40-20(14-16-6-2-1-3-7-16)25(46)41-21(15-42)26(47)39-19(27(48)49)9-5-13-37-29(34)35/h1-3,6-7,17-21,42H,4-5,8-15,30H2,(H2,31,43)(H,38,44)(H,39,47)(H,40,45)(H,41,46)(H,48,49)(H4,32,33,36)(H4,34,35,37)/t17?,18-,19-,20-,21-/m0/s1. The van der Waals surface area contributed by atoms with Crippen LogP contribution in [0.5, 0.6) is 0 Å². The average molecular weight is 693 g/mol. The molecule has 272 valence electrons. The monoisotopic (exact) mass is 692 g/mol. The highest BCUT2D eigenvalue weighted by Gasteiger charge is 2.31. The summed E-state index contributed by atoms with van der Waals surface area (Å²) in [5.41, 5.74) is 32.9. The summed E-state index contributed by atoms with van der Waals surface area (Å²) >= 11 is 0. The molecular formula is C29H48N12O8. The van der Waals surface area contributed by atoms with Gasteiger partial charge in [0.15, 0.2) is 11.9 Å². The van der Waals surface area contributed by atoms with Crippen molar-refractivity contribution in [3.63, 3.8) is 0 Å². The van der Waals surface area contributed by atoms with E-state index in [1.54, 1.807) is 30.3 Å². The fourth-order valence-corrected chi connectivity index (χ4v) is 4.31. The van der Waals surface area contributed by atoms with Crippen LogP contribution in [0.2, 0.25) is 0 Å². The minimum Gasteiger partial charge on any atom is -0.480 e. The first-order chi connectivity index (χ1) is 23.1. The number of nitrogens with one attached hydrogen (secondary N) is 4. The first-order valence-electron chi connectivity index (χ1n) is 15.4. The largest absolute Gasteiger partial charge is 0.480 e. The predicted molar refractivity (Wildman–Crippen MR) is 179 cm³/mol. The molecule has 1 aromatic carbocycles. The Morgan fingerprint density at radius 1 is 0.653 bits per heavy atom. The lowest BCUT2D eigenvalue weighted by Crippen LogP contribution is -2.59. The van der Waals surface area contributed by atoms with Crippen LogP contribution in [0.4, 0.5) is 0 Å². The zero-order chi connectivity index (χ0) is 36.9. The summed E-state index contributed by atoms with van der Waals surface area (Å²) in [6.07, 6.45) is 0.0683. The minimum atomic E-state index is -1.60. The van der Waals surface area contributed by atoms with Gasteiger partial charge in [-0.15, -0.1) is 0 Å². The minimum absolute atomic E-state index is 0.0119. The number of nitrogens with two attached hydrogens (primary N) is 6. The first kappa shape index (κ1) is 41.5. The van der Waals surface area contributed by atoms with E-state index < -0.39 is 72.3 Å². The number of guanidine groups is 2. The van der Waals surface area contributed by atoms with Crippen molar-refractivity contribution in [3.05, 3.63) is 35.9 Å². The number of aliphatic carboxylic acids is 1. The molecule has 0 heterocycles. The van der Waals surface area contributed by atoms with Gasteiger partial charge in [-0.05, 0) is 37.7 Å². The van der Waals surface area contributed by atoms with Crippen LogP contribution in [0.3, 0.4) is 0 Å². The number of carbonyl (C=O) groups excluding carboxylic acids is 5. The van der Waals surface area contributed by atoms with Gasteiger partial charge in [-0.25, -0.2) is 4.79 Å². The Bertz CT molecular complexity index is 1320. The van der Waals surface area contributed by atoms with Crippen LogP contribution in [-0.2, 0) is 35.2 Å². The molecule has 49 heavy (non-hydrogen) atoms. The lowest BCUT2D eigenvalue weighted by Gasteiger charge is -2.26. The summed E-state index contributed by atoms with van der Waals surface area (Å²) in [6, 6.07) is 1.80. The van der Waals surface area contributed by atoms with Crippen LogP contribution in [-0.4, -0.2) is 108 Å². The van der Waals surface area contributed by atoms with Crippen LogP contribution in [0.1, 0.15) is 44.1 Å². The molecule has 0 aliphatic rings. The second-order valence-electron chi connectivity index (χ2n) is 11.0. The molecule has 5 atom stereocenters. The van der Waals surface area contributed by atoms with Gasteiger partial charge >= 0.3 is 5.97 Å². The molecule has 0 saturated carbocycles. The average Bonchev–Trinajstić information content (AvgIpc) is 3.04. The SMILES string of the molecule is NC(=O)CCC(N)C(=O)N[C@@H](CCCN=C(N)N)C(=O)N[C@@H](Cc1ccccc1)C(=O)N[C@@H](CO)C(=O)N[C@@H](CCCN=C(N)N)C(=O)O. The number of carboxylic acid groups (broad SMARTS) is 1. The lowest BCUT2D eigenvalue weighted by atomic mass is 10.0. The summed E-state index contributed by atoms with van der Waals surface area (Å²) in [7, 11) is 0. The van der Waals surface area contributed by atoms with Crippen molar-refractivity contribution in [1.82, 2.24) is 21.3 Å². The van der Waals surface area contributed by atoms with E-state index in [-0.39, 0.29) is 70.0 Å². The molecule has 20 nitrogen and oxygen atoms in total. The van der Waals surface area contributed by atoms with Gasteiger partial charge in [0.05, 0.1) is 12.6 Å². The third-order valence-corrected chi connectivity index (χ3v) is 6.91. The van der Waals surface area contributed by atoms with Gasteiger partial charge in [0.1, 0.15) is 24.2 Å². The second-order valence-corrected chi connectivity index (χ2v) is 11.0. The van der Waals surface area contributed by atoms with Crippen molar-refractivity contribution < 1.29 is 39.0 Å². The molecule has 20 heteroatoms. The van der Waals surface area contributed by atoms with Crippen LogP contribution in [0.15, 0.2) is 40.3 Å². The molecule has 0 aromatic heterocycles. The number of primary amides is 1. The number of aliphatic hydroxyl groups is 1. The maximum atomic E-state index is 13.6. The Kier molecular flexibility index (Phi) is 18.8. The molecule has 1 aromatic rings. The summed E-state index contributed by atoms with van der Waals surface area (Å²) in [5, 5.41) is 29.2. The van der Waals surface area contributed by atoms with Crippen LogP contribution < -0.4 is 55.7 Å². The van der Waals surface area contributed by atoms with Crippen LogP contribution >= 0.6 is 0 Å². The Morgan fingerprint density at radius 2 is 1.12 bits per heavy atom. The second kappa shape index (κ2) is 22.1. The van der Waals surface area contributed by atoms with E-state index >= 15 is 0 Å². The first-order valence-corrected chi connectivity index (χ1v) is 15.4. The molecule has 5 amide bonds. The molecular weight excluding hydrogens is 644 g/mol. The van der Waals surface area contributed by atoms with Gasteiger partial charge in [-0.1, -0.05) is 30.3 Å². The van der Waals surface area contributed by atoms with Gasteiger partial charge < -0.3 is 65.9 Å². The molecule has 0 spiro atoms. The van der Waals surface area contributed by atoms with Crippen molar-refractivity contribution >= 4 is 47.4 Å². The summed E-state index contributed by atoms with van der Waals surface area (Å²) < 4.78 is 0. The number of benzene rings is 1. The van der Waals surface area contributed by atoms with Crippen LogP contribution in [0, 0.1) is 0 Å². The quantitative estimate of drug-likeness (QED) is 0.0290. The number of rotatable bonds is 23. The van der Waals surface area contributed by atoms with Crippen molar-refractivity contribution in [2.24, 2.45) is 44.4 Å². The van der Waals surface area contributed by atoms with E-state index in [0.29, 0.717) is 5.56 Å². The molecule has 0 bridgehead atoms. The fraction of sp³-hybridized carbons (Fsp3) is 0.517. The van der Waals surface area contributed by atoms with Crippen molar-refractivity contribution in [3.8, 4) is 0 Å². The Morgan fingerprint density at radius 3 is 1.63 bits per heavy atom. The topological polar surface area (TPSA) is 372 Å². The van der Waals surface area contributed by atoms with Gasteiger partial charge in [0, 0.05) is 25.9 Å². The number of hydrogen-bond donors (Lipinski definition) is 12. The number of hydrogen-bond acceptors (Lipinski definition) is 10. The summed E-state index contributed by atoms with van der Waals surface area (Å²) in [5.74, 6) is -5.83. The number of nitrogens with zero attached hydrogens (tertiary/aromatic N) is 2. The van der Waals surface area contributed by atoms with Gasteiger partial charge in [0.25, 0.3) is 0 Å². The Labute approximate surface area is 282 Å². The fourth-order valence-electron chi connectivity index (χ4n) is 4.31. The van der Waals surface area contributed by atoms with E-state index in [1.165, 1.54) is 0 Å². The van der Waals surface area contributed by atoms with E-state index in [2.05, 4.69) is 31.3 Å². The molecule has 0 fully saturated rings. The molecule has 1 unspecified atom stereocenters. The van der Waals surface area contributed by atoms with E-state index in [0.717, 1.165) is 0 Å². The number of amides is 5. The zero-order valence-corrected chi connectivity index (χ0v) is 27.0. The van der Waals surface area contributed by atoms with E-state index in [1.807, 2.05) is 0 Å². The Balaban J connectivity index is 3.18. The molecule has 1 rings (SSSR count). The zero-order valence-electron chi connectivity index (χ0n) is 27.0.